The van der Waals surface area contributed by atoms with Crippen LogP contribution in [0.5, 0.6) is 0 Å². The fourth-order valence-corrected chi connectivity index (χ4v) is 3.58. The molecule has 0 N–H and O–H groups in total. The van der Waals surface area contributed by atoms with Crippen LogP contribution in [0.4, 0.5) is 5.82 Å². The molecule has 0 spiro atoms. The van der Waals surface area contributed by atoms with E-state index in [0.29, 0.717) is 23.8 Å². The van der Waals surface area contributed by atoms with Gasteiger partial charge >= 0.3 is 0 Å². The Labute approximate surface area is 145 Å². The molecule has 2 aliphatic rings. The topological polar surface area (TPSA) is 49.3 Å². The van der Waals surface area contributed by atoms with Crippen molar-refractivity contribution in [1.82, 2.24) is 14.9 Å². The number of carbonyl (C=O) groups excluding carboxylic acids is 1. The van der Waals surface area contributed by atoms with E-state index in [1.165, 1.54) is 0 Å². The van der Waals surface area contributed by atoms with Crippen molar-refractivity contribution in [1.29, 1.82) is 0 Å². The van der Waals surface area contributed by atoms with E-state index in [2.05, 4.69) is 36.7 Å². The van der Waals surface area contributed by atoms with Crippen LogP contribution in [0.25, 0.3) is 0 Å². The second-order valence-electron chi connectivity index (χ2n) is 7.87. The molecule has 1 aliphatic heterocycles. The molecule has 3 rings (SSSR count). The maximum Gasteiger partial charge on any atom is 0.225 e. The molecule has 1 saturated carbocycles. The molecule has 0 radical (unpaired) electrons. The monoisotopic (exact) mass is 330 g/mol. The molecule has 5 nitrogen and oxygen atoms in total. The first-order valence-corrected chi connectivity index (χ1v) is 9.24. The van der Waals surface area contributed by atoms with Crippen molar-refractivity contribution in [2.75, 3.05) is 25.0 Å². The first-order chi connectivity index (χ1) is 11.4. The molecule has 1 amide bonds. The lowest BCUT2D eigenvalue weighted by atomic mass is 10.0. The van der Waals surface area contributed by atoms with E-state index in [0.717, 1.165) is 49.7 Å². The number of hydrogen-bond acceptors (Lipinski definition) is 4. The molecule has 132 valence electrons. The van der Waals surface area contributed by atoms with Gasteiger partial charge in [0, 0.05) is 49.8 Å². The molecular weight excluding hydrogens is 300 g/mol. The summed E-state index contributed by atoms with van der Waals surface area (Å²) in [5.74, 6) is 3.51. The first kappa shape index (κ1) is 17.2. The predicted molar refractivity (Wildman–Crippen MR) is 96.1 cm³/mol. The third-order valence-corrected chi connectivity index (χ3v) is 5.48. The van der Waals surface area contributed by atoms with Crippen LogP contribution in [0.2, 0.25) is 0 Å². The van der Waals surface area contributed by atoms with E-state index >= 15 is 0 Å². The van der Waals surface area contributed by atoms with Gasteiger partial charge in [0.25, 0.3) is 0 Å². The summed E-state index contributed by atoms with van der Waals surface area (Å²) in [5, 5.41) is 0. The zero-order chi connectivity index (χ0) is 17.4. The third-order valence-electron chi connectivity index (χ3n) is 5.48. The maximum absolute atomic E-state index is 12.4. The Balaban J connectivity index is 1.62. The van der Waals surface area contributed by atoms with Crippen molar-refractivity contribution in [3.05, 3.63) is 17.6 Å². The number of aryl methyl sites for hydroxylation is 1. The van der Waals surface area contributed by atoms with Gasteiger partial charge in [-0.05, 0) is 32.1 Å². The van der Waals surface area contributed by atoms with Crippen LogP contribution in [0.1, 0.15) is 57.5 Å². The highest BCUT2D eigenvalue weighted by Gasteiger charge is 2.42. The lowest BCUT2D eigenvalue weighted by Crippen LogP contribution is -2.46. The first-order valence-electron chi connectivity index (χ1n) is 9.24. The summed E-state index contributed by atoms with van der Waals surface area (Å²) in [6, 6.07) is 2.45. The standard InChI is InChI=1S/C19H30N4O/c1-12(2)18-20-14(4)11-17(21-18)23-8-6-15(7-9-23)22(5)19(24)16-10-13(16)3/h11-13,15-16H,6-10H2,1-5H3/t13-,16+/m1/s1. The van der Waals surface area contributed by atoms with Gasteiger partial charge in [-0.1, -0.05) is 20.8 Å². The highest BCUT2D eigenvalue weighted by atomic mass is 16.2. The van der Waals surface area contributed by atoms with Crippen molar-refractivity contribution in [2.24, 2.45) is 11.8 Å². The van der Waals surface area contributed by atoms with Gasteiger partial charge in [-0.2, -0.15) is 0 Å². The molecule has 2 fully saturated rings. The molecular formula is C19H30N4O. The number of piperidine rings is 1. The molecule has 24 heavy (non-hydrogen) atoms. The van der Waals surface area contributed by atoms with Gasteiger partial charge in [-0.25, -0.2) is 9.97 Å². The number of hydrogen-bond donors (Lipinski definition) is 0. The van der Waals surface area contributed by atoms with Gasteiger partial charge in [0.2, 0.25) is 5.91 Å². The summed E-state index contributed by atoms with van der Waals surface area (Å²) in [7, 11) is 1.99. The molecule has 1 aromatic heterocycles. The Morgan fingerprint density at radius 1 is 1.29 bits per heavy atom. The molecule has 2 atom stereocenters. The summed E-state index contributed by atoms with van der Waals surface area (Å²) in [6.07, 6.45) is 3.10. The molecule has 0 unspecified atom stereocenters. The highest BCUT2D eigenvalue weighted by molar-refractivity contribution is 5.81. The predicted octanol–water partition coefficient (Wildman–Crippen LogP) is 2.99. The molecule has 2 heterocycles. The second kappa shape index (κ2) is 6.69. The molecule has 1 aromatic rings. The van der Waals surface area contributed by atoms with Crippen molar-refractivity contribution in [3.8, 4) is 0 Å². The number of carbonyl (C=O) groups is 1. The van der Waals surface area contributed by atoms with Crippen molar-refractivity contribution >= 4 is 11.7 Å². The largest absolute Gasteiger partial charge is 0.356 e. The van der Waals surface area contributed by atoms with Crippen LogP contribution in [-0.4, -0.2) is 47.0 Å². The van der Waals surface area contributed by atoms with Gasteiger partial charge in [-0.3, -0.25) is 4.79 Å². The number of rotatable bonds is 4. The summed E-state index contributed by atoms with van der Waals surface area (Å²) in [4.78, 5) is 26.1. The number of nitrogens with zero attached hydrogens (tertiary/aromatic N) is 4. The quantitative estimate of drug-likeness (QED) is 0.851. The Kier molecular flexibility index (Phi) is 4.79. The van der Waals surface area contributed by atoms with E-state index in [9.17, 15) is 4.79 Å². The summed E-state index contributed by atoms with van der Waals surface area (Å²) >= 11 is 0. The second-order valence-corrected chi connectivity index (χ2v) is 7.87. The highest BCUT2D eigenvalue weighted by Crippen LogP contribution is 2.39. The molecule has 5 heteroatoms. The third kappa shape index (κ3) is 3.55. The van der Waals surface area contributed by atoms with Crippen LogP contribution in [-0.2, 0) is 4.79 Å². The van der Waals surface area contributed by atoms with Crippen molar-refractivity contribution in [3.63, 3.8) is 0 Å². The minimum absolute atomic E-state index is 0.283. The summed E-state index contributed by atoms with van der Waals surface area (Å²) in [6.45, 7) is 10.4. The Morgan fingerprint density at radius 2 is 1.92 bits per heavy atom. The van der Waals surface area contributed by atoms with Gasteiger partial charge in [0.15, 0.2) is 0 Å². The average Bonchev–Trinajstić information content (AvgIpc) is 3.30. The van der Waals surface area contributed by atoms with E-state index in [4.69, 9.17) is 4.98 Å². The summed E-state index contributed by atoms with van der Waals surface area (Å²) < 4.78 is 0. The zero-order valence-corrected chi connectivity index (χ0v) is 15.6. The molecule has 1 aliphatic carbocycles. The molecule has 0 aromatic carbocycles. The minimum Gasteiger partial charge on any atom is -0.356 e. The van der Waals surface area contributed by atoms with Crippen LogP contribution < -0.4 is 4.90 Å². The Bertz CT molecular complexity index is 607. The number of anilines is 1. The lowest BCUT2D eigenvalue weighted by molar-refractivity contribution is -0.134. The fourth-order valence-electron chi connectivity index (χ4n) is 3.58. The van der Waals surface area contributed by atoms with E-state index < -0.39 is 0 Å². The molecule has 0 bridgehead atoms. The van der Waals surface area contributed by atoms with Gasteiger partial charge in [0.1, 0.15) is 11.6 Å². The van der Waals surface area contributed by atoms with E-state index in [1.54, 1.807) is 0 Å². The Hall–Kier alpha value is -1.65. The van der Waals surface area contributed by atoms with Crippen LogP contribution in [0, 0.1) is 18.8 Å². The van der Waals surface area contributed by atoms with Crippen LogP contribution >= 0.6 is 0 Å². The number of amides is 1. The minimum atomic E-state index is 0.283. The van der Waals surface area contributed by atoms with Gasteiger partial charge in [-0.15, -0.1) is 0 Å². The fraction of sp³-hybridized carbons (Fsp3) is 0.737. The van der Waals surface area contributed by atoms with Crippen molar-refractivity contribution in [2.45, 2.75) is 58.9 Å². The zero-order valence-electron chi connectivity index (χ0n) is 15.6. The van der Waals surface area contributed by atoms with Crippen LogP contribution in [0.15, 0.2) is 6.07 Å². The summed E-state index contributed by atoms with van der Waals surface area (Å²) in [5.41, 5.74) is 1.03. The SMILES string of the molecule is Cc1cc(N2CCC(N(C)C(=O)[C@H]3C[C@H]3C)CC2)nc(C(C)C)n1. The van der Waals surface area contributed by atoms with Crippen molar-refractivity contribution < 1.29 is 4.79 Å². The van der Waals surface area contributed by atoms with Gasteiger partial charge in [0.05, 0.1) is 0 Å². The van der Waals surface area contributed by atoms with E-state index in [1.807, 2.05) is 18.9 Å². The lowest BCUT2D eigenvalue weighted by Gasteiger charge is -2.37. The average molecular weight is 330 g/mol. The smallest absolute Gasteiger partial charge is 0.225 e. The maximum atomic E-state index is 12.4. The van der Waals surface area contributed by atoms with E-state index in [-0.39, 0.29) is 5.92 Å². The van der Waals surface area contributed by atoms with Gasteiger partial charge < -0.3 is 9.80 Å². The normalized spacial score (nSPS) is 24.3. The van der Waals surface area contributed by atoms with Crippen LogP contribution in [0.3, 0.4) is 0 Å². The Morgan fingerprint density at radius 3 is 2.46 bits per heavy atom. The molecule has 1 saturated heterocycles. The number of aromatic nitrogens is 2.